The minimum absolute atomic E-state index is 0.0699. The van der Waals surface area contributed by atoms with Gasteiger partial charge in [-0.15, -0.1) is 11.3 Å². The van der Waals surface area contributed by atoms with Gasteiger partial charge >= 0.3 is 23.5 Å². The van der Waals surface area contributed by atoms with Crippen molar-refractivity contribution in [1.82, 2.24) is 5.43 Å². The summed E-state index contributed by atoms with van der Waals surface area (Å²) >= 11 is 1.25. The number of thiophene rings is 1. The Bertz CT molecular complexity index is 1680. The molecule has 0 fully saturated rings. The number of non-ortho nitro benzene ring substituents is 1. The Balaban J connectivity index is 1.48. The third-order valence-corrected chi connectivity index (χ3v) is 7.77. The Morgan fingerprint density at radius 1 is 0.977 bits per heavy atom. The van der Waals surface area contributed by atoms with E-state index in [9.17, 15) is 34.6 Å². The molecule has 0 atom stereocenters. The molecular weight excluding hydrogens is 598 g/mol. The number of nitrogens with one attached hydrogen (secondary N) is 2. The number of ether oxygens (including phenoxy) is 3. The van der Waals surface area contributed by atoms with Gasteiger partial charge in [0.15, 0.2) is 11.5 Å². The minimum Gasteiger partial charge on any atom is -0.493 e. The van der Waals surface area contributed by atoms with Crippen LogP contribution in [0.2, 0.25) is 0 Å². The Labute approximate surface area is 254 Å². The van der Waals surface area contributed by atoms with Crippen molar-refractivity contribution in [1.29, 1.82) is 0 Å². The molecule has 2 amide bonds. The second kappa shape index (κ2) is 13.7. The van der Waals surface area contributed by atoms with Gasteiger partial charge in [-0.05, 0) is 69.4 Å². The summed E-state index contributed by atoms with van der Waals surface area (Å²) in [5.74, 6) is -2.67. The smallest absolute Gasteiger partial charge is 0.341 e. The molecule has 0 radical (unpaired) electrons. The molecule has 2 aromatic carbocycles. The second-order valence-electron chi connectivity index (χ2n) is 9.36. The molecule has 0 saturated carbocycles. The number of aryl methyl sites for hydroxylation is 1. The molecule has 1 aliphatic rings. The van der Waals surface area contributed by atoms with Crippen LogP contribution in [0.15, 0.2) is 41.5 Å². The lowest BCUT2D eigenvalue weighted by Gasteiger charge is -2.12. The maximum atomic E-state index is 12.7. The molecule has 2 N–H and O–H groups in total. The summed E-state index contributed by atoms with van der Waals surface area (Å²) in [6.45, 7) is 3.41. The highest BCUT2D eigenvalue weighted by molar-refractivity contribution is 7.17. The van der Waals surface area contributed by atoms with Crippen LogP contribution in [-0.4, -0.2) is 47.1 Å². The first-order valence-corrected chi connectivity index (χ1v) is 14.1. The van der Waals surface area contributed by atoms with Crippen molar-refractivity contribution in [3.8, 4) is 17.2 Å². The van der Waals surface area contributed by atoms with Gasteiger partial charge in [0.25, 0.3) is 5.69 Å². The number of methoxy groups -OCH3 is 1. The van der Waals surface area contributed by atoms with Crippen LogP contribution in [-0.2, 0) is 27.2 Å². The van der Waals surface area contributed by atoms with E-state index in [0.29, 0.717) is 12.0 Å². The first-order chi connectivity index (χ1) is 21.0. The number of benzene rings is 2. The SMILES string of the molecule is CCOC(=O)c1c(NC(=O)C(=O)N/N=C(\C)c2ccc(Oc3ccc([N+](=O)[O-])cc3[N+](=O)[O-])c(OC)c2)sc2c1CCCC2. The highest BCUT2D eigenvalue weighted by Gasteiger charge is 2.28. The van der Waals surface area contributed by atoms with Crippen molar-refractivity contribution in [3.05, 3.63) is 78.2 Å². The molecule has 0 bridgehead atoms. The van der Waals surface area contributed by atoms with Gasteiger partial charge in [-0.25, -0.2) is 10.2 Å². The number of esters is 1. The number of rotatable bonds is 10. The number of carbonyl (C=O) groups excluding carboxylic acids is 3. The molecule has 44 heavy (non-hydrogen) atoms. The number of hydrogen-bond donors (Lipinski definition) is 2. The molecule has 0 unspecified atom stereocenters. The molecule has 230 valence electrons. The van der Waals surface area contributed by atoms with Crippen LogP contribution in [0.4, 0.5) is 16.4 Å². The topological polar surface area (TPSA) is 202 Å². The molecule has 1 aromatic heterocycles. The average molecular weight is 626 g/mol. The lowest BCUT2D eigenvalue weighted by atomic mass is 9.95. The summed E-state index contributed by atoms with van der Waals surface area (Å²) in [6, 6.07) is 7.42. The second-order valence-corrected chi connectivity index (χ2v) is 10.5. The Morgan fingerprint density at radius 3 is 2.39 bits per heavy atom. The number of nitro benzene ring substituents is 2. The largest absolute Gasteiger partial charge is 0.493 e. The predicted molar refractivity (Wildman–Crippen MR) is 159 cm³/mol. The summed E-state index contributed by atoms with van der Waals surface area (Å²) in [4.78, 5) is 59.8. The van der Waals surface area contributed by atoms with Crippen molar-refractivity contribution in [3.63, 3.8) is 0 Å². The number of hydrazone groups is 1. The molecule has 0 spiro atoms. The third-order valence-electron chi connectivity index (χ3n) is 6.56. The van der Waals surface area contributed by atoms with Gasteiger partial charge in [-0.3, -0.25) is 29.8 Å². The van der Waals surface area contributed by atoms with Crippen molar-refractivity contribution in [2.45, 2.75) is 39.5 Å². The standard InChI is InChI=1S/C28H27N5O10S/c1-4-42-28(36)24-18-7-5-6-8-23(18)44-27(24)29-25(34)26(35)31-30-15(2)16-9-11-21(22(13-16)41-3)43-20-12-10-17(32(37)38)14-19(20)33(39)40/h9-14H,4-8H2,1-3H3,(H,29,34)(H,31,35)/b30-15+. The normalized spacial score (nSPS) is 12.5. The van der Waals surface area contributed by atoms with Gasteiger partial charge in [0.1, 0.15) is 5.00 Å². The number of fused-ring (bicyclic) bond motifs is 1. The Kier molecular flexibility index (Phi) is 9.85. The monoisotopic (exact) mass is 625 g/mol. The fourth-order valence-corrected chi connectivity index (χ4v) is 5.70. The first-order valence-electron chi connectivity index (χ1n) is 13.3. The van der Waals surface area contributed by atoms with E-state index in [-0.39, 0.29) is 40.1 Å². The van der Waals surface area contributed by atoms with Crippen LogP contribution >= 0.6 is 11.3 Å². The van der Waals surface area contributed by atoms with Crippen LogP contribution in [0.25, 0.3) is 0 Å². The number of carbonyl (C=O) groups is 3. The van der Waals surface area contributed by atoms with E-state index in [1.807, 2.05) is 0 Å². The predicted octanol–water partition coefficient (Wildman–Crippen LogP) is 4.90. The first kappa shape index (κ1) is 31.6. The summed E-state index contributed by atoms with van der Waals surface area (Å²) in [7, 11) is 1.34. The number of hydrogen-bond acceptors (Lipinski definition) is 12. The third kappa shape index (κ3) is 6.97. The molecule has 4 rings (SSSR count). The average Bonchev–Trinajstić information content (AvgIpc) is 3.37. The maximum absolute atomic E-state index is 12.7. The van der Waals surface area contributed by atoms with E-state index < -0.39 is 39.0 Å². The van der Waals surface area contributed by atoms with E-state index in [0.717, 1.165) is 47.9 Å². The van der Waals surface area contributed by atoms with Gasteiger partial charge in [-0.2, -0.15) is 5.10 Å². The van der Waals surface area contributed by atoms with E-state index >= 15 is 0 Å². The fraction of sp³-hybridized carbons (Fsp3) is 0.286. The van der Waals surface area contributed by atoms with Crippen molar-refractivity contribution in [2.75, 3.05) is 19.0 Å². The summed E-state index contributed by atoms with van der Waals surface area (Å²) < 4.78 is 16.1. The quantitative estimate of drug-likeness (QED) is 0.103. The molecule has 16 heteroatoms. The number of amides is 2. The van der Waals surface area contributed by atoms with Crippen molar-refractivity contribution >= 4 is 51.2 Å². The summed E-state index contributed by atoms with van der Waals surface area (Å²) in [6.07, 6.45) is 3.33. The van der Waals surface area contributed by atoms with Gasteiger partial charge in [0.05, 0.1) is 40.9 Å². The Hall–Kier alpha value is -5.38. The molecule has 3 aromatic rings. The Morgan fingerprint density at radius 2 is 1.70 bits per heavy atom. The van der Waals surface area contributed by atoms with Crippen LogP contribution < -0.4 is 20.2 Å². The van der Waals surface area contributed by atoms with Crippen LogP contribution in [0.1, 0.15) is 53.1 Å². The van der Waals surface area contributed by atoms with E-state index in [4.69, 9.17) is 14.2 Å². The highest BCUT2D eigenvalue weighted by atomic mass is 32.1. The minimum atomic E-state index is -1.07. The number of nitrogens with zero attached hydrogens (tertiary/aromatic N) is 3. The van der Waals surface area contributed by atoms with E-state index in [2.05, 4.69) is 15.8 Å². The zero-order chi connectivity index (χ0) is 32.0. The molecule has 1 aliphatic carbocycles. The molecule has 15 nitrogen and oxygen atoms in total. The summed E-state index contributed by atoms with van der Waals surface area (Å²) in [5, 5.41) is 29.2. The lowest BCUT2D eigenvalue weighted by molar-refractivity contribution is -0.394. The van der Waals surface area contributed by atoms with E-state index in [1.54, 1.807) is 13.8 Å². The molecular formula is C28H27N5O10S. The highest BCUT2D eigenvalue weighted by Crippen LogP contribution is 2.40. The lowest BCUT2D eigenvalue weighted by Crippen LogP contribution is -2.33. The van der Waals surface area contributed by atoms with Crippen molar-refractivity contribution in [2.24, 2.45) is 5.10 Å². The zero-order valence-electron chi connectivity index (χ0n) is 23.8. The van der Waals surface area contributed by atoms with Crippen molar-refractivity contribution < 1.29 is 38.4 Å². The maximum Gasteiger partial charge on any atom is 0.341 e. The van der Waals surface area contributed by atoms with Crippen LogP contribution in [0, 0.1) is 20.2 Å². The fourth-order valence-electron chi connectivity index (χ4n) is 4.43. The molecule has 0 saturated heterocycles. The summed E-state index contributed by atoms with van der Waals surface area (Å²) in [5.41, 5.74) is 2.95. The van der Waals surface area contributed by atoms with Crippen LogP contribution in [0.3, 0.4) is 0 Å². The number of anilines is 1. The molecule has 0 aliphatic heterocycles. The molecule has 1 heterocycles. The van der Waals surface area contributed by atoms with Crippen LogP contribution in [0.5, 0.6) is 17.2 Å². The van der Waals surface area contributed by atoms with Gasteiger partial charge < -0.3 is 19.5 Å². The van der Waals surface area contributed by atoms with Gasteiger partial charge in [0.2, 0.25) is 5.75 Å². The zero-order valence-corrected chi connectivity index (χ0v) is 24.6. The van der Waals surface area contributed by atoms with Gasteiger partial charge in [-0.1, -0.05) is 0 Å². The number of nitro groups is 2. The van der Waals surface area contributed by atoms with E-state index in [1.165, 1.54) is 36.6 Å². The van der Waals surface area contributed by atoms with Gasteiger partial charge in [0, 0.05) is 16.5 Å².